The lowest BCUT2D eigenvalue weighted by Crippen LogP contribution is -2.35. The maximum Gasteiger partial charge on any atom is 0.246 e. The summed E-state index contributed by atoms with van der Waals surface area (Å²) in [5.74, 6) is -2.77. The van der Waals surface area contributed by atoms with Gasteiger partial charge in [-0.1, -0.05) is 47.9 Å². The van der Waals surface area contributed by atoms with E-state index in [2.05, 4.69) is 0 Å². The number of phenolic OH excluding ortho intramolecular Hbond substituents is 6. The Labute approximate surface area is 322 Å². The molecule has 0 saturated carbocycles. The fraction of sp³-hybridized carbons (Fsp3) is 0.0698. The van der Waals surface area contributed by atoms with Gasteiger partial charge in [0, 0.05) is 33.9 Å². The van der Waals surface area contributed by atoms with Gasteiger partial charge in [0.05, 0.1) is 33.5 Å². The number of nitrogens with zero attached hydrogens (tertiary/aromatic N) is 2. The lowest BCUT2D eigenvalue weighted by molar-refractivity contribution is 0.0702. The Morgan fingerprint density at radius 2 is 1.26 bits per heavy atom. The minimum atomic E-state index is -1.33. The fourth-order valence-electron chi connectivity index (χ4n) is 9.90. The molecule has 2 unspecified atom stereocenters. The van der Waals surface area contributed by atoms with Crippen LogP contribution in [0.5, 0.6) is 34.5 Å². The number of aryl methyl sites for hydroxylation is 1. The summed E-state index contributed by atoms with van der Waals surface area (Å²) >= 11 is 0. The third kappa shape index (κ3) is 3.46. The molecule has 6 heterocycles. The smallest absolute Gasteiger partial charge is 0.246 e. The summed E-state index contributed by atoms with van der Waals surface area (Å²) in [4.78, 5) is 0. The first-order valence-electron chi connectivity index (χ1n) is 18.4. The standard InChI is InChI=1S/C43H25BN2O12/c1-14-10-20(48)38-27(35(14)51)28-36(52)29-34-43(41(28)54-38)58-57-42-33-24-23-26-31(45(32(23)37(42)53)17-9-5-8-16(11-17)15-6-3-2-4-7-15)19(47)13-22(50)40(26)56-55-39-21(49)12-18(44-29)30(25(24)39)46(33)34/h2-13,29,36,44,47-53H,1H3. The van der Waals surface area contributed by atoms with E-state index in [0.717, 1.165) is 17.2 Å². The number of aromatic nitrogens is 2. The Kier molecular flexibility index (Phi) is 5.50. The molecule has 0 radical (unpaired) electrons. The van der Waals surface area contributed by atoms with Gasteiger partial charge in [-0.25, -0.2) is 0 Å². The number of hydrogen-bond acceptors (Lipinski definition) is 12. The number of hydrogen-bond donors (Lipinski definition) is 7. The Bertz CT molecular complexity index is 3720. The molecule has 0 bridgehead atoms. The number of aliphatic hydroxyl groups is 1. The zero-order chi connectivity index (χ0) is 39.2. The van der Waals surface area contributed by atoms with E-state index in [0.29, 0.717) is 44.1 Å². The van der Waals surface area contributed by atoms with E-state index in [1.165, 1.54) is 12.1 Å². The number of benzene rings is 6. The Balaban J connectivity index is 1.30. The van der Waals surface area contributed by atoms with E-state index in [1.54, 1.807) is 15.9 Å². The minimum absolute atomic E-state index is 0.00651. The second-order valence-corrected chi connectivity index (χ2v) is 15.2. The van der Waals surface area contributed by atoms with Crippen LogP contribution in [0.25, 0.3) is 99.7 Å². The van der Waals surface area contributed by atoms with Gasteiger partial charge in [0.2, 0.25) is 22.5 Å². The summed E-state index contributed by atoms with van der Waals surface area (Å²) in [6, 6.07) is 21.1. The molecule has 58 heavy (non-hydrogen) atoms. The van der Waals surface area contributed by atoms with Gasteiger partial charge in [-0.2, -0.15) is 0 Å². The van der Waals surface area contributed by atoms with Gasteiger partial charge < -0.3 is 49.1 Å². The molecule has 1 aliphatic carbocycles. The Hall–Kier alpha value is -7.78. The van der Waals surface area contributed by atoms with Gasteiger partial charge in [-0.3, -0.25) is 18.3 Å². The number of rotatable bonds is 2. The summed E-state index contributed by atoms with van der Waals surface area (Å²) in [6.07, 6.45) is -1.33. The highest BCUT2D eigenvalue weighted by Crippen LogP contribution is 2.58. The largest absolute Gasteiger partial charge is 0.507 e. The summed E-state index contributed by atoms with van der Waals surface area (Å²) < 4.78 is 33.9. The number of furan rings is 1. The molecule has 0 amide bonds. The Morgan fingerprint density at radius 1 is 0.569 bits per heavy atom. The predicted octanol–water partition coefficient (Wildman–Crippen LogP) is 8.22. The second kappa shape index (κ2) is 10.1. The van der Waals surface area contributed by atoms with E-state index in [-0.39, 0.29) is 97.0 Å². The lowest BCUT2D eigenvalue weighted by Gasteiger charge is -2.31. The van der Waals surface area contributed by atoms with Crippen molar-refractivity contribution in [2.75, 3.05) is 0 Å². The van der Waals surface area contributed by atoms with Crippen LogP contribution < -0.4 is 5.46 Å². The van der Waals surface area contributed by atoms with Crippen molar-refractivity contribution in [3.63, 3.8) is 0 Å². The van der Waals surface area contributed by atoms with Crippen molar-refractivity contribution < 1.29 is 58.5 Å². The van der Waals surface area contributed by atoms with Crippen LogP contribution >= 0.6 is 0 Å². The zero-order valence-electron chi connectivity index (χ0n) is 29.9. The molecule has 2 aliphatic rings. The SMILES string of the molecule is Cc1cc(O)c2oc3c(c2c1O)C(O)C1Bc2cc(O)c4ooc5c(O)cc(O)c6c5c5c7c4c2n2c1c-3ooc(c(O)c5n6-c1cccc(-c3ccccc3)c1)c72. The van der Waals surface area contributed by atoms with Crippen molar-refractivity contribution in [3.05, 3.63) is 89.6 Å². The zero-order valence-corrected chi connectivity index (χ0v) is 29.9. The summed E-state index contributed by atoms with van der Waals surface area (Å²) in [7, 11) is 0.140. The maximum absolute atomic E-state index is 12.7. The molecule has 15 heteroatoms. The van der Waals surface area contributed by atoms with E-state index in [1.807, 2.05) is 54.6 Å². The Morgan fingerprint density at radius 3 is 2.05 bits per heavy atom. The van der Waals surface area contributed by atoms with Crippen LogP contribution in [0.1, 0.15) is 28.7 Å². The van der Waals surface area contributed by atoms with Crippen LogP contribution in [-0.2, 0) is 0 Å². The number of phenols is 6. The van der Waals surface area contributed by atoms with Crippen LogP contribution in [0.2, 0.25) is 0 Å². The van der Waals surface area contributed by atoms with E-state index < -0.39 is 23.4 Å². The van der Waals surface area contributed by atoms with Gasteiger partial charge in [0.15, 0.2) is 41.6 Å². The molecular weight excluding hydrogens is 747 g/mol. The van der Waals surface area contributed by atoms with Gasteiger partial charge in [-0.15, -0.1) is 0 Å². The first-order valence-corrected chi connectivity index (χ1v) is 18.4. The summed E-state index contributed by atoms with van der Waals surface area (Å²) in [6.45, 7) is 1.62. The van der Waals surface area contributed by atoms with Crippen molar-refractivity contribution >= 4 is 84.1 Å². The van der Waals surface area contributed by atoms with Gasteiger partial charge in [0.25, 0.3) is 0 Å². The predicted molar refractivity (Wildman–Crippen MR) is 212 cm³/mol. The van der Waals surface area contributed by atoms with Crippen molar-refractivity contribution in [1.29, 1.82) is 0 Å². The molecular formula is C43H25BN2O12. The first-order chi connectivity index (χ1) is 28.1. The van der Waals surface area contributed by atoms with Crippen LogP contribution in [0.4, 0.5) is 0 Å². The summed E-state index contributed by atoms with van der Waals surface area (Å²) in [5, 5.41) is 83.4. The van der Waals surface area contributed by atoms with Gasteiger partial charge in [-0.05, 0) is 47.9 Å². The quantitative estimate of drug-likeness (QED) is 0.0503. The molecule has 11 aromatic rings. The van der Waals surface area contributed by atoms with Crippen LogP contribution in [0.3, 0.4) is 0 Å². The first kappa shape index (κ1) is 31.4. The monoisotopic (exact) mass is 772 g/mol. The molecule has 1 aliphatic heterocycles. The van der Waals surface area contributed by atoms with Crippen LogP contribution in [0, 0.1) is 6.92 Å². The molecule has 14 nitrogen and oxygen atoms in total. The minimum Gasteiger partial charge on any atom is -0.507 e. The van der Waals surface area contributed by atoms with Crippen molar-refractivity contribution in [2.45, 2.75) is 18.8 Å². The molecule has 6 aromatic carbocycles. The van der Waals surface area contributed by atoms with E-state index >= 15 is 0 Å². The van der Waals surface area contributed by atoms with Gasteiger partial charge >= 0.3 is 0 Å². The van der Waals surface area contributed by atoms with Crippen molar-refractivity contribution in [2.24, 2.45) is 0 Å². The molecule has 0 fully saturated rings. The average molecular weight is 772 g/mol. The topological polar surface area (TPSA) is 217 Å². The third-order valence-corrected chi connectivity index (χ3v) is 12.2. The highest BCUT2D eigenvalue weighted by Gasteiger charge is 2.46. The van der Waals surface area contributed by atoms with Crippen molar-refractivity contribution in [3.8, 4) is 62.8 Å². The molecule has 2 atom stereocenters. The van der Waals surface area contributed by atoms with Crippen LogP contribution in [-0.4, -0.2) is 52.0 Å². The second-order valence-electron chi connectivity index (χ2n) is 15.2. The van der Waals surface area contributed by atoms with E-state index in [4.69, 9.17) is 22.7 Å². The van der Waals surface area contributed by atoms with Gasteiger partial charge in [0.1, 0.15) is 28.0 Å². The molecule has 13 rings (SSSR count). The highest BCUT2D eigenvalue weighted by molar-refractivity contribution is 6.61. The average Bonchev–Trinajstić information content (AvgIpc) is 3.85. The van der Waals surface area contributed by atoms with Crippen LogP contribution in [0.15, 0.2) is 95.5 Å². The molecule has 7 N–H and O–H groups in total. The normalized spacial score (nSPS) is 16.0. The van der Waals surface area contributed by atoms with Crippen molar-refractivity contribution in [1.82, 2.24) is 8.97 Å². The molecule has 0 spiro atoms. The lowest BCUT2D eigenvalue weighted by atomic mass is 9.52. The highest BCUT2D eigenvalue weighted by atomic mass is 17.0. The summed E-state index contributed by atoms with van der Waals surface area (Å²) in [5.41, 5.74) is 4.30. The maximum atomic E-state index is 12.7. The molecule has 282 valence electrons. The number of aromatic hydroxyl groups is 6. The number of aliphatic hydroxyl groups excluding tert-OH is 1. The molecule has 0 saturated heterocycles. The van der Waals surface area contributed by atoms with E-state index in [9.17, 15) is 35.7 Å². The third-order valence-electron chi connectivity index (χ3n) is 12.2. The fourth-order valence-corrected chi connectivity index (χ4v) is 9.90. The number of fused-ring (bicyclic) bond motifs is 4. The molecule has 5 aromatic heterocycles.